The minimum Gasteiger partial charge on any atom is -0.493 e. The van der Waals surface area contributed by atoms with Gasteiger partial charge in [0.2, 0.25) is 6.54 Å². The van der Waals surface area contributed by atoms with Gasteiger partial charge in [-0.3, -0.25) is 15.1 Å². The molecular weight excluding hydrogens is 316 g/mol. The van der Waals surface area contributed by atoms with Gasteiger partial charge >= 0.3 is 0 Å². The van der Waals surface area contributed by atoms with Gasteiger partial charge in [0.05, 0.1) is 20.8 Å². The van der Waals surface area contributed by atoms with E-state index in [4.69, 9.17) is 18.9 Å². The van der Waals surface area contributed by atoms with Crippen molar-refractivity contribution in [1.82, 2.24) is 0 Å². The van der Waals surface area contributed by atoms with Crippen LogP contribution in [0.5, 0.6) is 11.5 Å². The van der Waals surface area contributed by atoms with Gasteiger partial charge in [0.25, 0.3) is 0 Å². The van der Waals surface area contributed by atoms with Crippen molar-refractivity contribution in [2.45, 2.75) is 20.1 Å². The number of hydrogen-bond donors (Lipinski definition) is 0. The second kappa shape index (κ2) is 10.6. The van der Waals surface area contributed by atoms with E-state index < -0.39 is 17.8 Å². The van der Waals surface area contributed by atoms with E-state index in [9.17, 15) is 10.1 Å². The van der Waals surface area contributed by atoms with Gasteiger partial charge in [0.1, 0.15) is 5.71 Å². The highest BCUT2D eigenvalue weighted by Crippen LogP contribution is 2.27. The number of nitrogens with zero attached hydrogens (tertiary/aromatic N) is 2. The van der Waals surface area contributed by atoms with Crippen LogP contribution in [-0.2, 0) is 9.47 Å². The topological polar surface area (TPSA) is 92.4 Å². The maximum atomic E-state index is 11.0. The van der Waals surface area contributed by atoms with Gasteiger partial charge in [-0.25, -0.2) is 0 Å². The van der Waals surface area contributed by atoms with Crippen LogP contribution in [0.1, 0.15) is 19.4 Å². The SMILES string of the molecule is CCOC(CN=C(C[N+](=O)[O-])c1ccc(OC)c(OC)c1)OCC. The number of benzene rings is 1. The first-order chi connectivity index (χ1) is 11.5. The highest BCUT2D eigenvalue weighted by molar-refractivity contribution is 6.02. The summed E-state index contributed by atoms with van der Waals surface area (Å²) in [6.45, 7) is 4.42. The third-order valence-corrected chi connectivity index (χ3v) is 3.13. The van der Waals surface area contributed by atoms with Crippen LogP contribution in [0.15, 0.2) is 23.2 Å². The lowest BCUT2D eigenvalue weighted by Gasteiger charge is -2.15. The van der Waals surface area contributed by atoms with Crippen molar-refractivity contribution in [1.29, 1.82) is 0 Å². The van der Waals surface area contributed by atoms with E-state index in [-0.39, 0.29) is 6.54 Å². The predicted molar refractivity (Wildman–Crippen MR) is 89.9 cm³/mol. The van der Waals surface area contributed by atoms with Crippen molar-refractivity contribution in [3.05, 3.63) is 33.9 Å². The largest absolute Gasteiger partial charge is 0.493 e. The van der Waals surface area contributed by atoms with E-state index >= 15 is 0 Å². The summed E-state index contributed by atoms with van der Waals surface area (Å²) in [6.07, 6.45) is -0.526. The van der Waals surface area contributed by atoms with Gasteiger partial charge in [-0.2, -0.15) is 0 Å². The van der Waals surface area contributed by atoms with Crippen LogP contribution < -0.4 is 9.47 Å². The number of methoxy groups -OCH3 is 2. The first kappa shape index (κ1) is 19.9. The fourth-order valence-electron chi connectivity index (χ4n) is 2.08. The molecule has 0 atom stereocenters. The van der Waals surface area contributed by atoms with Gasteiger partial charge < -0.3 is 18.9 Å². The summed E-state index contributed by atoms with van der Waals surface area (Å²) in [5, 5.41) is 11.0. The third-order valence-electron chi connectivity index (χ3n) is 3.13. The molecule has 0 aliphatic rings. The zero-order valence-corrected chi connectivity index (χ0v) is 14.5. The lowest BCUT2D eigenvalue weighted by molar-refractivity contribution is -0.462. The Labute approximate surface area is 141 Å². The zero-order chi connectivity index (χ0) is 17.9. The van der Waals surface area contributed by atoms with E-state index in [1.807, 2.05) is 13.8 Å². The highest BCUT2D eigenvalue weighted by Gasteiger charge is 2.15. The first-order valence-electron chi connectivity index (χ1n) is 7.66. The first-order valence-corrected chi connectivity index (χ1v) is 7.66. The summed E-state index contributed by atoms with van der Waals surface area (Å²) in [5.74, 6) is 1.03. The van der Waals surface area contributed by atoms with Crippen LogP contribution in [-0.4, -0.2) is 57.4 Å². The summed E-state index contributed by atoms with van der Waals surface area (Å²) in [7, 11) is 3.03. The standard InChI is InChI=1S/C16H24N2O6/c1-5-23-16(24-6-2)10-17-13(11-18(19)20)12-7-8-14(21-3)15(9-12)22-4/h7-9,16H,5-6,10-11H2,1-4H3. The monoisotopic (exact) mass is 340 g/mol. The van der Waals surface area contributed by atoms with E-state index in [0.29, 0.717) is 36.0 Å². The molecule has 24 heavy (non-hydrogen) atoms. The van der Waals surface area contributed by atoms with Crippen LogP contribution in [0.3, 0.4) is 0 Å². The van der Waals surface area contributed by atoms with Crippen molar-refractivity contribution in [3.63, 3.8) is 0 Å². The van der Waals surface area contributed by atoms with Gasteiger partial charge in [-0.05, 0) is 32.0 Å². The molecule has 1 rings (SSSR count). The van der Waals surface area contributed by atoms with Crippen LogP contribution in [0, 0.1) is 10.1 Å². The average molecular weight is 340 g/mol. The van der Waals surface area contributed by atoms with Crippen molar-refractivity contribution in [3.8, 4) is 11.5 Å². The molecule has 0 amide bonds. The lowest BCUT2D eigenvalue weighted by Crippen LogP contribution is -2.23. The number of rotatable bonds is 11. The van der Waals surface area contributed by atoms with Crippen LogP contribution in [0.2, 0.25) is 0 Å². The molecule has 8 heteroatoms. The smallest absolute Gasteiger partial charge is 0.245 e. The molecule has 1 aromatic rings. The Morgan fingerprint density at radius 1 is 1.17 bits per heavy atom. The molecule has 0 unspecified atom stereocenters. The van der Waals surface area contributed by atoms with Crippen molar-refractivity contribution < 1.29 is 23.9 Å². The zero-order valence-electron chi connectivity index (χ0n) is 14.5. The Bertz CT molecular complexity index is 555. The maximum absolute atomic E-state index is 11.0. The fourth-order valence-corrected chi connectivity index (χ4v) is 2.08. The average Bonchev–Trinajstić information content (AvgIpc) is 2.57. The number of nitro groups is 1. The molecule has 0 aromatic heterocycles. The molecule has 0 N–H and O–H groups in total. The molecule has 0 spiro atoms. The molecule has 0 saturated heterocycles. The fraction of sp³-hybridized carbons (Fsp3) is 0.562. The van der Waals surface area contributed by atoms with Crippen LogP contribution in [0.4, 0.5) is 0 Å². The molecular formula is C16H24N2O6. The molecule has 0 saturated carbocycles. The summed E-state index contributed by atoms with van der Waals surface area (Å²) in [6, 6.07) is 5.06. The van der Waals surface area contributed by atoms with E-state index in [1.165, 1.54) is 14.2 Å². The maximum Gasteiger partial charge on any atom is 0.245 e. The quantitative estimate of drug-likeness (QED) is 0.265. The molecule has 0 aliphatic carbocycles. The number of aliphatic imine (C=N–C) groups is 1. The van der Waals surface area contributed by atoms with Crippen LogP contribution >= 0.6 is 0 Å². The van der Waals surface area contributed by atoms with Crippen molar-refractivity contribution in [2.75, 3.05) is 40.5 Å². The molecule has 134 valence electrons. The molecule has 0 aliphatic heterocycles. The minimum atomic E-state index is -0.526. The molecule has 0 fully saturated rings. The Balaban J connectivity index is 3.07. The lowest BCUT2D eigenvalue weighted by atomic mass is 10.1. The normalized spacial score (nSPS) is 11.6. The third kappa shape index (κ3) is 6.13. The van der Waals surface area contributed by atoms with E-state index in [1.54, 1.807) is 18.2 Å². The second-order valence-corrected chi connectivity index (χ2v) is 4.69. The molecule has 1 aromatic carbocycles. The van der Waals surface area contributed by atoms with Crippen LogP contribution in [0.25, 0.3) is 0 Å². The predicted octanol–water partition coefficient (Wildman–Crippen LogP) is 2.17. The number of ether oxygens (including phenoxy) is 4. The summed E-state index contributed by atoms with van der Waals surface area (Å²) in [4.78, 5) is 14.9. The molecule has 0 bridgehead atoms. The van der Waals surface area contributed by atoms with E-state index in [2.05, 4.69) is 4.99 Å². The summed E-state index contributed by atoms with van der Waals surface area (Å²) >= 11 is 0. The van der Waals surface area contributed by atoms with Gasteiger partial charge in [0.15, 0.2) is 17.8 Å². The Morgan fingerprint density at radius 3 is 2.29 bits per heavy atom. The molecule has 0 radical (unpaired) electrons. The van der Waals surface area contributed by atoms with E-state index in [0.717, 1.165) is 0 Å². The van der Waals surface area contributed by atoms with Gasteiger partial charge in [0, 0.05) is 23.7 Å². The van der Waals surface area contributed by atoms with Gasteiger partial charge in [-0.15, -0.1) is 0 Å². The summed E-state index contributed by atoms with van der Waals surface area (Å²) in [5.41, 5.74) is 0.918. The minimum absolute atomic E-state index is 0.180. The Morgan fingerprint density at radius 2 is 1.79 bits per heavy atom. The van der Waals surface area contributed by atoms with Gasteiger partial charge in [-0.1, -0.05) is 0 Å². The molecule has 0 heterocycles. The second-order valence-electron chi connectivity index (χ2n) is 4.69. The molecule has 8 nitrogen and oxygen atoms in total. The van der Waals surface area contributed by atoms with Crippen molar-refractivity contribution >= 4 is 5.71 Å². The summed E-state index contributed by atoms with van der Waals surface area (Å²) < 4.78 is 21.2. The Kier molecular flexibility index (Phi) is 8.74. The highest BCUT2D eigenvalue weighted by atomic mass is 16.7. The number of hydrogen-bond acceptors (Lipinski definition) is 7. The van der Waals surface area contributed by atoms with Crippen molar-refractivity contribution in [2.24, 2.45) is 4.99 Å². The Hall–Kier alpha value is -2.19.